The van der Waals surface area contributed by atoms with Crippen LogP contribution in [0.15, 0.2) is 18.3 Å². The summed E-state index contributed by atoms with van der Waals surface area (Å²) in [5, 5.41) is 10.1. The van der Waals surface area contributed by atoms with E-state index in [1.165, 1.54) is 0 Å². The molecular weight excluding hydrogens is 130 g/mol. The van der Waals surface area contributed by atoms with Crippen LogP contribution in [-0.4, -0.2) is 20.4 Å². The normalized spacial score (nSPS) is 9.20. The van der Waals surface area contributed by atoms with E-state index in [9.17, 15) is 0 Å². The number of aromatic nitrogens is 4. The molecular formula is C5H7N5. The first kappa shape index (κ1) is 6.63. The van der Waals surface area contributed by atoms with Crippen LogP contribution in [0.4, 0.5) is 0 Å². The van der Waals surface area contributed by atoms with Crippen LogP contribution in [0.2, 0.25) is 0 Å². The van der Waals surface area contributed by atoms with Crippen molar-refractivity contribution in [2.24, 2.45) is 0 Å². The maximum absolute atomic E-state index is 3.94. The molecule has 2 heterocycles. The molecule has 10 heavy (non-hydrogen) atoms. The SMILES string of the molecule is N.c1cnc2n[nH]nc2c1. The second-order valence-corrected chi connectivity index (χ2v) is 1.67. The van der Waals surface area contributed by atoms with Crippen LogP contribution in [0, 0.1) is 0 Å². The second-order valence-electron chi connectivity index (χ2n) is 1.67. The van der Waals surface area contributed by atoms with Crippen molar-refractivity contribution in [1.82, 2.24) is 26.5 Å². The molecule has 0 atom stereocenters. The molecule has 0 aliphatic carbocycles. The quantitative estimate of drug-likeness (QED) is 0.553. The van der Waals surface area contributed by atoms with E-state index in [1.54, 1.807) is 6.20 Å². The highest BCUT2D eigenvalue weighted by molar-refractivity contribution is 5.67. The Balaban J connectivity index is 0.000000500. The lowest BCUT2D eigenvalue weighted by atomic mass is 10.4. The number of nitrogens with one attached hydrogen (secondary N) is 1. The number of nitrogens with zero attached hydrogens (tertiary/aromatic N) is 3. The van der Waals surface area contributed by atoms with Crippen LogP contribution in [0.5, 0.6) is 0 Å². The summed E-state index contributed by atoms with van der Waals surface area (Å²) in [6.07, 6.45) is 1.69. The van der Waals surface area contributed by atoms with Gasteiger partial charge in [0.1, 0.15) is 5.52 Å². The summed E-state index contributed by atoms with van der Waals surface area (Å²) in [7, 11) is 0. The second kappa shape index (κ2) is 2.40. The summed E-state index contributed by atoms with van der Waals surface area (Å²) >= 11 is 0. The molecule has 0 amide bonds. The molecule has 2 aromatic rings. The standard InChI is InChI=1S/C5H4N4.H3N/c1-2-4-5(6-3-1)8-9-7-4;/h1-3H,(H,6,7,8,9);1H3. The van der Waals surface area contributed by atoms with Gasteiger partial charge < -0.3 is 6.15 Å². The van der Waals surface area contributed by atoms with Gasteiger partial charge in [-0.1, -0.05) is 0 Å². The van der Waals surface area contributed by atoms with Gasteiger partial charge in [0.2, 0.25) is 5.65 Å². The number of H-pyrrole nitrogens is 1. The zero-order valence-corrected chi connectivity index (χ0v) is 5.28. The molecule has 2 aromatic heterocycles. The Labute approximate surface area is 57.1 Å². The van der Waals surface area contributed by atoms with E-state index in [2.05, 4.69) is 20.4 Å². The fourth-order valence-electron chi connectivity index (χ4n) is 0.688. The Kier molecular flexibility index (Phi) is 1.59. The van der Waals surface area contributed by atoms with Crippen LogP contribution in [0.1, 0.15) is 0 Å². The third-order valence-corrected chi connectivity index (χ3v) is 1.09. The average molecular weight is 137 g/mol. The molecule has 5 nitrogen and oxygen atoms in total. The molecule has 0 aromatic carbocycles. The molecule has 52 valence electrons. The van der Waals surface area contributed by atoms with Gasteiger partial charge >= 0.3 is 0 Å². The van der Waals surface area contributed by atoms with Crippen molar-refractivity contribution in [3.8, 4) is 0 Å². The Morgan fingerprint density at radius 1 is 1.30 bits per heavy atom. The highest BCUT2D eigenvalue weighted by atomic mass is 15.3. The number of rotatable bonds is 0. The number of hydrogen-bond acceptors (Lipinski definition) is 4. The van der Waals surface area contributed by atoms with Crippen molar-refractivity contribution in [2.75, 3.05) is 0 Å². The van der Waals surface area contributed by atoms with Gasteiger partial charge in [0.25, 0.3) is 0 Å². The molecule has 0 aliphatic heterocycles. The summed E-state index contributed by atoms with van der Waals surface area (Å²) in [5.41, 5.74) is 1.47. The number of pyridine rings is 1. The van der Waals surface area contributed by atoms with Crippen molar-refractivity contribution in [3.05, 3.63) is 18.3 Å². The predicted octanol–water partition coefficient (Wildman–Crippen LogP) is 0.515. The molecule has 2 rings (SSSR count). The molecule has 4 N–H and O–H groups in total. The lowest BCUT2D eigenvalue weighted by Gasteiger charge is -1.77. The zero-order valence-electron chi connectivity index (χ0n) is 5.28. The molecule has 0 spiro atoms. The summed E-state index contributed by atoms with van der Waals surface area (Å²) in [6, 6.07) is 3.68. The Morgan fingerprint density at radius 2 is 2.20 bits per heavy atom. The van der Waals surface area contributed by atoms with E-state index < -0.39 is 0 Å². The number of aromatic amines is 1. The van der Waals surface area contributed by atoms with Crippen LogP contribution >= 0.6 is 0 Å². The van der Waals surface area contributed by atoms with Gasteiger partial charge in [-0.3, -0.25) is 0 Å². The maximum atomic E-state index is 3.94. The van der Waals surface area contributed by atoms with Gasteiger partial charge in [-0.2, -0.15) is 10.3 Å². The minimum atomic E-state index is 0. The third kappa shape index (κ3) is 0.822. The van der Waals surface area contributed by atoms with Crippen molar-refractivity contribution < 1.29 is 0 Å². The molecule has 5 heteroatoms. The molecule has 0 unspecified atom stereocenters. The molecule has 0 fully saturated rings. The van der Waals surface area contributed by atoms with E-state index in [-0.39, 0.29) is 6.15 Å². The molecule has 0 aliphatic rings. The van der Waals surface area contributed by atoms with E-state index in [4.69, 9.17) is 0 Å². The van der Waals surface area contributed by atoms with Gasteiger partial charge in [0.05, 0.1) is 0 Å². The van der Waals surface area contributed by atoms with Crippen LogP contribution in [-0.2, 0) is 0 Å². The van der Waals surface area contributed by atoms with Crippen molar-refractivity contribution in [2.45, 2.75) is 0 Å². The fraction of sp³-hybridized carbons (Fsp3) is 0. The van der Waals surface area contributed by atoms with E-state index in [0.717, 1.165) is 5.52 Å². The molecule has 0 bridgehead atoms. The van der Waals surface area contributed by atoms with Gasteiger partial charge in [-0.05, 0) is 12.1 Å². The summed E-state index contributed by atoms with van der Waals surface area (Å²) in [4.78, 5) is 3.94. The fourth-order valence-corrected chi connectivity index (χ4v) is 0.688. The van der Waals surface area contributed by atoms with E-state index in [0.29, 0.717) is 5.65 Å². The van der Waals surface area contributed by atoms with Crippen LogP contribution in [0.25, 0.3) is 11.2 Å². The van der Waals surface area contributed by atoms with E-state index >= 15 is 0 Å². The van der Waals surface area contributed by atoms with Gasteiger partial charge in [0, 0.05) is 6.20 Å². The van der Waals surface area contributed by atoms with Crippen molar-refractivity contribution >= 4 is 11.2 Å². The van der Waals surface area contributed by atoms with Crippen molar-refractivity contribution in [1.29, 1.82) is 0 Å². The van der Waals surface area contributed by atoms with Gasteiger partial charge in [0.15, 0.2) is 0 Å². The summed E-state index contributed by atoms with van der Waals surface area (Å²) < 4.78 is 0. The Hall–Kier alpha value is -1.49. The first-order valence-corrected chi connectivity index (χ1v) is 2.58. The Morgan fingerprint density at radius 3 is 3.00 bits per heavy atom. The third-order valence-electron chi connectivity index (χ3n) is 1.09. The average Bonchev–Trinajstić information content (AvgIpc) is 2.33. The minimum absolute atomic E-state index is 0. The highest BCUT2D eigenvalue weighted by Gasteiger charge is 1.92. The number of fused-ring (bicyclic) bond motifs is 1. The lowest BCUT2D eigenvalue weighted by molar-refractivity contribution is 0.954. The zero-order chi connectivity index (χ0) is 6.10. The minimum Gasteiger partial charge on any atom is -0.344 e. The first-order valence-electron chi connectivity index (χ1n) is 2.58. The topological polar surface area (TPSA) is 89.5 Å². The van der Waals surface area contributed by atoms with Crippen LogP contribution < -0.4 is 6.15 Å². The number of hydrogen-bond donors (Lipinski definition) is 2. The summed E-state index contributed by atoms with van der Waals surface area (Å²) in [5.74, 6) is 0. The van der Waals surface area contributed by atoms with Crippen molar-refractivity contribution in [3.63, 3.8) is 0 Å². The predicted molar refractivity (Wildman–Crippen MR) is 36.7 cm³/mol. The monoisotopic (exact) mass is 137 g/mol. The maximum Gasteiger partial charge on any atom is 0.201 e. The highest BCUT2D eigenvalue weighted by Crippen LogP contribution is 1.99. The molecule has 0 saturated carbocycles. The van der Waals surface area contributed by atoms with E-state index in [1.807, 2.05) is 12.1 Å². The largest absolute Gasteiger partial charge is 0.344 e. The van der Waals surface area contributed by atoms with Gasteiger partial charge in [-0.15, -0.1) is 5.10 Å². The molecule has 0 radical (unpaired) electrons. The van der Waals surface area contributed by atoms with Crippen LogP contribution in [0.3, 0.4) is 0 Å². The molecule has 0 saturated heterocycles. The Bertz CT molecular complexity index is 284. The van der Waals surface area contributed by atoms with Gasteiger partial charge in [-0.25, -0.2) is 4.98 Å². The first-order chi connectivity index (χ1) is 4.47. The smallest absolute Gasteiger partial charge is 0.201 e. The summed E-state index contributed by atoms with van der Waals surface area (Å²) in [6.45, 7) is 0. The lowest BCUT2D eigenvalue weighted by Crippen LogP contribution is -1.71.